The Balaban J connectivity index is 1.56. The van der Waals surface area contributed by atoms with Crippen molar-refractivity contribution in [3.63, 3.8) is 0 Å². The van der Waals surface area contributed by atoms with Crippen LogP contribution in [-0.2, 0) is 17.7 Å². The Hall–Kier alpha value is -2.94. The Morgan fingerprint density at radius 1 is 1.16 bits per heavy atom. The van der Waals surface area contributed by atoms with Gasteiger partial charge in [0, 0.05) is 25.0 Å². The third-order valence-electron chi connectivity index (χ3n) is 5.78. The van der Waals surface area contributed by atoms with Gasteiger partial charge in [-0.05, 0) is 18.1 Å². The number of aromatic nitrogens is 2. The van der Waals surface area contributed by atoms with Gasteiger partial charge >= 0.3 is 0 Å². The number of hydrogen-bond acceptors (Lipinski definition) is 6. The maximum Gasteiger partial charge on any atom is 0.272 e. The number of ether oxygens (including phenoxy) is 2. The molecule has 1 fully saturated rings. The van der Waals surface area contributed by atoms with Gasteiger partial charge in [0.25, 0.3) is 5.91 Å². The number of carbonyl (C=O) groups excluding carboxylic acids is 1. The molecule has 1 atom stereocenters. The summed E-state index contributed by atoms with van der Waals surface area (Å²) in [5.41, 5.74) is 2.19. The summed E-state index contributed by atoms with van der Waals surface area (Å²) in [4.78, 5) is 15.5. The van der Waals surface area contributed by atoms with E-state index in [1.807, 2.05) is 53.2 Å². The second kappa shape index (κ2) is 10.6. The standard InChI is InChI=1S/C24H30N4O4/c1-31-21-9-5-8-20-22(24(30)25-19(17-29)16-18-6-3-2-4-7-18)26-28(23(20)21)11-10-27-12-14-32-15-13-27/h2-9,19,29H,10-17H2,1H3,(H,25,30)/t19-/m0/s1. The smallest absolute Gasteiger partial charge is 0.272 e. The monoisotopic (exact) mass is 438 g/mol. The lowest BCUT2D eigenvalue weighted by molar-refractivity contribution is 0.0361. The molecule has 1 amide bonds. The molecule has 3 aromatic rings. The van der Waals surface area contributed by atoms with E-state index in [4.69, 9.17) is 9.47 Å². The molecule has 2 aromatic carbocycles. The van der Waals surface area contributed by atoms with Crippen LogP contribution in [-0.4, -0.2) is 78.3 Å². The van der Waals surface area contributed by atoms with Gasteiger partial charge in [-0.2, -0.15) is 5.10 Å². The lowest BCUT2D eigenvalue weighted by Gasteiger charge is -2.26. The fourth-order valence-corrected chi connectivity index (χ4v) is 4.07. The van der Waals surface area contributed by atoms with Crippen molar-refractivity contribution in [3.05, 3.63) is 59.8 Å². The predicted octanol–water partition coefficient (Wildman–Crippen LogP) is 1.71. The van der Waals surface area contributed by atoms with E-state index in [1.165, 1.54) is 0 Å². The number of rotatable bonds is 9. The molecule has 8 nitrogen and oxygen atoms in total. The highest BCUT2D eigenvalue weighted by atomic mass is 16.5. The van der Waals surface area contributed by atoms with Crippen LogP contribution >= 0.6 is 0 Å². The van der Waals surface area contributed by atoms with Crippen molar-refractivity contribution in [2.45, 2.75) is 19.0 Å². The van der Waals surface area contributed by atoms with E-state index < -0.39 is 6.04 Å². The molecule has 170 valence electrons. The fourth-order valence-electron chi connectivity index (χ4n) is 4.07. The number of amides is 1. The predicted molar refractivity (Wildman–Crippen MR) is 122 cm³/mol. The van der Waals surface area contributed by atoms with Crippen molar-refractivity contribution in [2.24, 2.45) is 0 Å². The highest BCUT2D eigenvalue weighted by Gasteiger charge is 2.23. The SMILES string of the molecule is COc1cccc2c(C(=O)N[C@H](CO)Cc3ccccc3)nn(CCN3CCOCC3)c12. The molecule has 1 saturated heterocycles. The van der Waals surface area contributed by atoms with Crippen LogP contribution < -0.4 is 10.1 Å². The molecule has 1 aliphatic rings. The molecule has 1 aliphatic heterocycles. The van der Waals surface area contributed by atoms with Crippen molar-refractivity contribution in [2.75, 3.05) is 46.6 Å². The number of nitrogens with zero attached hydrogens (tertiary/aromatic N) is 3. The largest absolute Gasteiger partial charge is 0.494 e. The van der Waals surface area contributed by atoms with Crippen LogP contribution in [0.15, 0.2) is 48.5 Å². The number of nitrogens with one attached hydrogen (secondary N) is 1. The first-order chi connectivity index (χ1) is 15.7. The van der Waals surface area contributed by atoms with Crippen molar-refractivity contribution < 1.29 is 19.4 Å². The number of hydrogen-bond donors (Lipinski definition) is 2. The fraction of sp³-hybridized carbons (Fsp3) is 0.417. The molecule has 1 aromatic heterocycles. The third kappa shape index (κ3) is 5.09. The van der Waals surface area contributed by atoms with Crippen LogP contribution in [0.2, 0.25) is 0 Å². The summed E-state index contributed by atoms with van der Waals surface area (Å²) in [5, 5.41) is 18.2. The van der Waals surface area contributed by atoms with E-state index in [2.05, 4.69) is 15.3 Å². The molecule has 4 rings (SSSR count). The maximum atomic E-state index is 13.2. The quantitative estimate of drug-likeness (QED) is 0.529. The van der Waals surface area contributed by atoms with Crippen molar-refractivity contribution in [1.82, 2.24) is 20.0 Å². The number of carbonyl (C=O) groups is 1. The number of benzene rings is 2. The Labute approximate surface area is 187 Å². The second-order valence-corrected chi connectivity index (χ2v) is 7.92. The third-order valence-corrected chi connectivity index (χ3v) is 5.78. The number of aliphatic hydroxyl groups excluding tert-OH is 1. The van der Waals surface area contributed by atoms with Gasteiger partial charge < -0.3 is 19.9 Å². The lowest BCUT2D eigenvalue weighted by Crippen LogP contribution is -2.39. The first-order valence-electron chi connectivity index (χ1n) is 11.0. The van der Waals surface area contributed by atoms with E-state index in [0.717, 1.165) is 49.3 Å². The van der Waals surface area contributed by atoms with Gasteiger partial charge in [0.1, 0.15) is 11.3 Å². The van der Waals surface area contributed by atoms with Gasteiger partial charge in [-0.15, -0.1) is 0 Å². The van der Waals surface area contributed by atoms with Crippen LogP contribution in [0.5, 0.6) is 5.75 Å². The Bertz CT molecular complexity index is 1030. The molecule has 2 heterocycles. The van der Waals surface area contributed by atoms with Gasteiger partial charge in [-0.1, -0.05) is 42.5 Å². The molecule has 8 heteroatoms. The van der Waals surface area contributed by atoms with E-state index in [-0.39, 0.29) is 12.5 Å². The summed E-state index contributed by atoms with van der Waals surface area (Å²) in [5.74, 6) is 0.377. The minimum absolute atomic E-state index is 0.153. The Morgan fingerprint density at radius 2 is 1.94 bits per heavy atom. The normalized spacial score (nSPS) is 15.6. The minimum Gasteiger partial charge on any atom is -0.494 e. The average molecular weight is 439 g/mol. The van der Waals surface area contributed by atoms with Crippen molar-refractivity contribution in [3.8, 4) is 5.75 Å². The summed E-state index contributed by atoms with van der Waals surface area (Å²) in [6, 6.07) is 15.0. The van der Waals surface area contributed by atoms with E-state index in [1.54, 1.807) is 7.11 Å². The minimum atomic E-state index is -0.399. The van der Waals surface area contributed by atoms with Crippen molar-refractivity contribution >= 4 is 16.8 Å². The van der Waals surface area contributed by atoms with Crippen LogP contribution in [0.3, 0.4) is 0 Å². The zero-order chi connectivity index (χ0) is 22.3. The number of fused-ring (bicyclic) bond motifs is 1. The topological polar surface area (TPSA) is 88.8 Å². The summed E-state index contributed by atoms with van der Waals surface area (Å²) in [6.45, 7) is 4.55. The molecular weight excluding hydrogens is 408 g/mol. The van der Waals surface area contributed by atoms with Gasteiger partial charge in [0.15, 0.2) is 5.69 Å². The molecule has 2 N–H and O–H groups in total. The average Bonchev–Trinajstić information content (AvgIpc) is 3.22. The molecule has 0 unspecified atom stereocenters. The maximum absolute atomic E-state index is 13.2. The summed E-state index contributed by atoms with van der Waals surface area (Å²) < 4.78 is 12.8. The molecule has 0 saturated carbocycles. The van der Waals surface area contributed by atoms with Gasteiger partial charge in [0.2, 0.25) is 0 Å². The van der Waals surface area contributed by atoms with Crippen LogP contribution in [0, 0.1) is 0 Å². The highest BCUT2D eigenvalue weighted by Crippen LogP contribution is 2.28. The zero-order valence-electron chi connectivity index (χ0n) is 18.4. The van der Waals surface area contributed by atoms with E-state index in [0.29, 0.717) is 24.4 Å². The van der Waals surface area contributed by atoms with E-state index in [9.17, 15) is 9.90 Å². The lowest BCUT2D eigenvalue weighted by atomic mass is 10.1. The number of morpholine rings is 1. The zero-order valence-corrected chi connectivity index (χ0v) is 18.4. The van der Waals surface area contributed by atoms with Crippen molar-refractivity contribution in [1.29, 1.82) is 0 Å². The molecule has 0 aliphatic carbocycles. The van der Waals surface area contributed by atoms with Crippen LogP contribution in [0.25, 0.3) is 10.9 Å². The molecule has 0 radical (unpaired) electrons. The number of aliphatic hydroxyl groups is 1. The summed E-state index contributed by atoms with van der Waals surface area (Å²) in [6.07, 6.45) is 0.544. The first-order valence-corrected chi connectivity index (χ1v) is 11.0. The van der Waals surface area contributed by atoms with E-state index >= 15 is 0 Å². The molecule has 0 spiro atoms. The number of para-hydroxylation sites is 1. The highest BCUT2D eigenvalue weighted by molar-refractivity contribution is 6.06. The summed E-state index contributed by atoms with van der Waals surface area (Å²) in [7, 11) is 1.62. The second-order valence-electron chi connectivity index (χ2n) is 7.92. The Morgan fingerprint density at radius 3 is 2.66 bits per heavy atom. The van der Waals surface area contributed by atoms with Gasteiger partial charge in [0.05, 0.1) is 39.5 Å². The molecule has 0 bridgehead atoms. The molecule has 32 heavy (non-hydrogen) atoms. The van der Waals surface area contributed by atoms with Crippen LogP contribution in [0.4, 0.5) is 0 Å². The number of methoxy groups -OCH3 is 1. The summed E-state index contributed by atoms with van der Waals surface area (Å²) >= 11 is 0. The first kappa shape index (κ1) is 22.3. The van der Waals surface area contributed by atoms with Gasteiger partial charge in [-0.3, -0.25) is 14.4 Å². The van der Waals surface area contributed by atoms with Gasteiger partial charge in [-0.25, -0.2) is 0 Å². The van der Waals surface area contributed by atoms with Crippen LogP contribution in [0.1, 0.15) is 16.1 Å². The Kier molecular flexibility index (Phi) is 7.36. The molecular formula is C24H30N4O4.